The maximum atomic E-state index is 9.09. The number of nitrogens with one attached hydrogen (secondary N) is 1. The molecular formula is C16H17N3. The van der Waals surface area contributed by atoms with Gasteiger partial charge in [0.05, 0.1) is 11.3 Å². The van der Waals surface area contributed by atoms with Crippen LogP contribution in [0.5, 0.6) is 0 Å². The molecule has 2 rings (SSSR count). The molecule has 0 saturated heterocycles. The standard InChI is InChI=1S/C16H17N3/c1-12-2-7-16(14(10-12)11-17)19-9-8-13-3-5-15(18)6-4-13/h2-7,10,19H,8-9,18H2,1H3. The van der Waals surface area contributed by atoms with Crippen molar-refractivity contribution in [1.29, 1.82) is 5.26 Å². The van der Waals surface area contributed by atoms with Crippen molar-refractivity contribution in [2.75, 3.05) is 17.6 Å². The van der Waals surface area contributed by atoms with Gasteiger partial charge in [0.1, 0.15) is 6.07 Å². The Bertz CT molecular complexity index is 594. The molecule has 0 unspecified atom stereocenters. The highest BCUT2D eigenvalue weighted by Gasteiger charge is 2.01. The molecule has 0 amide bonds. The summed E-state index contributed by atoms with van der Waals surface area (Å²) in [5.41, 5.74) is 10.3. The van der Waals surface area contributed by atoms with Gasteiger partial charge in [0.2, 0.25) is 0 Å². The van der Waals surface area contributed by atoms with E-state index in [1.54, 1.807) is 0 Å². The van der Waals surface area contributed by atoms with Gasteiger partial charge < -0.3 is 11.1 Å². The fourth-order valence-electron chi connectivity index (χ4n) is 1.93. The molecule has 2 aromatic carbocycles. The molecule has 0 spiro atoms. The number of aryl methyl sites for hydroxylation is 1. The molecule has 0 heterocycles. The summed E-state index contributed by atoms with van der Waals surface area (Å²) in [6.45, 7) is 2.78. The van der Waals surface area contributed by atoms with Crippen LogP contribution in [0.25, 0.3) is 0 Å². The SMILES string of the molecule is Cc1ccc(NCCc2ccc(N)cc2)c(C#N)c1. The minimum Gasteiger partial charge on any atom is -0.399 e. The zero-order chi connectivity index (χ0) is 13.7. The summed E-state index contributed by atoms with van der Waals surface area (Å²) in [5, 5.41) is 12.4. The normalized spacial score (nSPS) is 9.89. The van der Waals surface area contributed by atoms with Gasteiger partial charge in [0, 0.05) is 12.2 Å². The molecule has 3 heteroatoms. The molecule has 0 atom stereocenters. The van der Waals surface area contributed by atoms with Crippen molar-refractivity contribution in [3.05, 3.63) is 59.2 Å². The first-order chi connectivity index (χ1) is 9.19. The number of benzene rings is 2. The Hall–Kier alpha value is -2.47. The Balaban J connectivity index is 1.96. The van der Waals surface area contributed by atoms with Gasteiger partial charge in [-0.2, -0.15) is 5.26 Å². The molecule has 0 aliphatic rings. The second-order valence-corrected chi connectivity index (χ2v) is 4.58. The average Bonchev–Trinajstić information content (AvgIpc) is 2.42. The van der Waals surface area contributed by atoms with Crippen LogP contribution in [0.2, 0.25) is 0 Å². The molecule has 0 fully saturated rings. The van der Waals surface area contributed by atoms with Gasteiger partial charge in [-0.15, -0.1) is 0 Å². The quantitative estimate of drug-likeness (QED) is 0.821. The maximum absolute atomic E-state index is 9.09. The second kappa shape index (κ2) is 5.92. The predicted molar refractivity (Wildman–Crippen MR) is 78.9 cm³/mol. The highest BCUT2D eigenvalue weighted by atomic mass is 14.9. The number of anilines is 2. The van der Waals surface area contributed by atoms with E-state index in [0.717, 1.165) is 29.9 Å². The minimum absolute atomic E-state index is 0.692. The van der Waals surface area contributed by atoms with Crippen molar-refractivity contribution in [3.63, 3.8) is 0 Å². The molecule has 19 heavy (non-hydrogen) atoms. The fraction of sp³-hybridized carbons (Fsp3) is 0.188. The number of nitrogens with zero attached hydrogens (tertiary/aromatic N) is 1. The van der Waals surface area contributed by atoms with Gasteiger partial charge in [-0.1, -0.05) is 18.2 Å². The van der Waals surface area contributed by atoms with E-state index in [2.05, 4.69) is 11.4 Å². The fourth-order valence-corrected chi connectivity index (χ4v) is 1.93. The second-order valence-electron chi connectivity index (χ2n) is 4.58. The summed E-state index contributed by atoms with van der Waals surface area (Å²) >= 11 is 0. The number of nitriles is 1. The maximum Gasteiger partial charge on any atom is 0.101 e. The molecule has 0 aliphatic heterocycles. The number of nitrogen functional groups attached to an aromatic ring is 1. The summed E-state index contributed by atoms with van der Waals surface area (Å²) < 4.78 is 0. The summed E-state index contributed by atoms with van der Waals surface area (Å²) in [6.07, 6.45) is 0.902. The number of nitrogens with two attached hydrogens (primary N) is 1. The Morgan fingerprint density at radius 3 is 2.58 bits per heavy atom. The summed E-state index contributed by atoms with van der Waals surface area (Å²) in [6, 6.07) is 15.9. The summed E-state index contributed by atoms with van der Waals surface area (Å²) in [7, 11) is 0. The van der Waals surface area contributed by atoms with Crippen LogP contribution in [-0.4, -0.2) is 6.54 Å². The van der Waals surface area contributed by atoms with Gasteiger partial charge in [-0.05, 0) is 48.7 Å². The number of rotatable bonds is 4. The first-order valence-electron chi connectivity index (χ1n) is 6.28. The molecule has 0 aromatic heterocycles. The Morgan fingerprint density at radius 1 is 1.16 bits per heavy atom. The van der Waals surface area contributed by atoms with E-state index in [-0.39, 0.29) is 0 Å². The third kappa shape index (κ3) is 3.49. The predicted octanol–water partition coefficient (Wildman–Crippen LogP) is 3.10. The van der Waals surface area contributed by atoms with Gasteiger partial charge in [0.15, 0.2) is 0 Å². The smallest absolute Gasteiger partial charge is 0.101 e. The van der Waals surface area contributed by atoms with E-state index < -0.39 is 0 Å². The van der Waals surface area contributed by atoms with Crippen molar-refractivity contribution >= 4 is 11.4 Å². The van der Waals surface area contributed by atoms with Crippen LogP contribution in [0, 0.1) is 18.3 Å². The lowest BCUT2D eigenvalue weighted by molar-refractivity contribution is 1.02. The molecule has 96 valence electrons. The topological polar surface area (TPSA) is 61.8 Å². The lowest BCUT2D eigenvalue weighted by atomic mass is 10.1. The van der Waals surface area contributed by atoms with E-state index in [1.165, 1.54) is 5.56 Å². The van der Waals surface area contributed by atoms with Crippen LogP contribution >= 0.6 is 0 Å². The van der Waals surface area contributed by atoms with E-state index >= 15 is 0 Å². The van der Waals surface area contributed by atoms with Gasteiger partial charge in [-0.3, -0.25) is 0 Å². The van der Waals surface area contributed by atoms with E-state index in [9.17, 15) is 0 Å². The average molecular weight is 251 g/mol. The molecular weight excluding hydrogens is 234 g/mol. The summed E-state index contributed by atoms with van der Waals surface area (Å²) in [4.78, 5) is 0. The van der Waals surface area contributed by atoms with E-state index in [4.69, 9.17) is 11.0 Å². The molecule has 0 radical (unpaired) electrons. The third-order valence-corrected chi connectivity index (χ3v) is 3.00. The van der Waals surface area contributed by atoms with Crippen molar-refractivity contribution in [2.24, 2.45) is 0 Å². The first-order valence-corrected chi connectivity index (χ1v) is 6.28. The van der Waals surface area contributed by atoms with Crippen molar-refractivity contribution in [2.45, 2.75) is 13.3 Å². The molecule has 3 N–H and O–H groups in total. The van der Waals surface area contributed by atoms with Crippen LogP contribution in [0.3, 0.4) is 0 Å². The lowest BCUT2D eigenvalue weighted by Crippen LogP contribution is -2.06. The van der Waals surface area contributed by atoms with Gasteiger partial charge >= 0.3 is 0 Å². The van der Waals surface area contributed by atoms with Crippen LogP contribution in [0.15, 0.2) is 42.5 Å². The number of hydrogen-bond donors (Lipinski definition) is 2. The number of hydrogen-bond acceptors (Lipinski definition) is 3. The lowest BCUT2D eigenvalue weighted by Gasteiger charge is -2.09. The van der Waals surface area contributed by atoms with Crippen LogP contribution in [0.4, 0.5) is 11.4 Å². The Kier molecular flexibility index (Phi) is 4.04. The van der Waals surface area contributed by atoms with Gasteiger partial charge in [0.25, 0.3) is 0 Å². The zero-order valence-corrected chi connectivity index (χ0v) is 11.0. The van der Waals surface area contributed by atoms with Crippen molar-refractivity contribution in [3.8, 4) is 6.07 Å². The van der Waals surface area contributed by atoms with Crippen LogP contribution in [-0.2, 0) is 6.42 Å². The third-order valence-electron chi connectivity index (χ3n) is 3.00. The van der Waals surface area contributed by atoms with E-state index in [0.29, 0.717) is 5.56 Å². The Labute approximate surface area is 113 Å². The molecule has 0 saturated carbocycles. The van der Waals surface area contributed by atoms with Crippen molar-refractivity contribution < 1.29 is 0 Å². The van der Waals surface area contributed by atoms with Gasteiger partial charge in [-0.25, -0.2) is 0 Å². The molecule has 3 nitrogen and oxygen atoms in total. The highest BCUT2D eigenvalue weighted by molar-refractivity contribution is 5.58. The Morgan fingerprint density at radius 2 is 1.89 bits per heavy atom. The van der Waals surface area contributed by atoms with Crippen molar-refractivity contribution in [1.82, 2.24) is 0 Å². The largest absolute Gasteiger partial charge is 0.399 e. The van der Waals surface area contributed by atoms with Crippen LogP contribution < -0.4 is 11.1 Å². The van der Waals surface area contributed by atoms with Crippen LogP contribution in [0.1, 0.15) is 16.7 Å². The minimum atomic E-state index is 0.692. The zero-order valence-electron chi connectivity index (χ0n) is 11.0. The monoisotopic (exact) mass is 251 g/mol. The highest BCUT2D eigenvalue weighted by Crippen LogP contribution is 2.16. The molecule has 2 aromatic rings. The summed E-state index contributed by atoms with van der Waals surface area (Å²) in [5.74, 6) is 0. The molecule has 0 bridgehead atoms. The van der Waals surface area contributed by atoms with E-state index in [1.807, 2.05) is 49.4 Å². The first kappa shape index (κ1) is 13.0. The molecule has 0 aliphatic carbocycles.